The smallest absolute Gasteiger partial charge is 0.303 e. The monoisotopic (exact) mass is 250 g/mol. The number of hydrogen-bond donors (Lipinski definition) is 0. The molecule has 1 saturated heterocycles. The van der Waals surface area contributed by atoms with E-state index < -0.39 is 0 Å². The Hall–Kier alpha value is -1.43. The number of likely N-dealkylation sites (tertiary alicyclic amines) is 1. The van der Waals surface area contributed by atoms with Crippen LogP contribution < -0.4 is 0 Å². The van der Waals surface area contributed by atoms with Gasteiger partial charge in [0.25, 0.3) is 0 Å². The van der Waals surface area contributed by atoms with Crippen molar-refractivity contribution in [2.24, 2.45) is 5.92 Å². The number of rotatable bonds is 4. The van der Waals surface area contributed by atoms with Gasteiger partial charge in [0.05, 0.1) is 11.0 Å². The lowest BCUT2D eigenvalue weighted by Gasteiger charge is -2.31. The van der Waals surface area contributed by atoms with Crippen molar-refractivity contribution in [3.8, 4) is 0 Å². The zero-order valence-corrected chi connectivity index (χ0v) is 10.4. The van der Waals surface area contributed by atoms with Gasteiger partial charge in [-0.2, -0.15) is 5.10 Å². The summed E-state index contributed by atoms with van der Waals surface area (Å²) < 4.78 is 1.77. The Bertz CT molecular complexity index is 433. The van der Waals surface area contributed by atoms with Crippen molar-refractivity contribution in [1.29, 1.82) is 0 Å². The van der Waals surface area contributed by atoms with Crippen LogP contribution in [0.3, 0.4) is 0 Å². The second-order valence-corrected chi connectivity index (χ2v) is 5.41. The predicted octanol–water partition coefficient (Wildman–Crippen LogP) is 1.84. The molecule has 3 rings (SSSR count). The molecule has 0 aromatic carbocycles. The molecule has 18 heavy (non-hydrogen) atoms. The SMILES string of the molecule is O=[N+]([O-])c1cnn(C2CCN(CC3CC3)CC2)c1. The fraction of sp³-hybridized carbons (Fsp3) is 0.750. The molecule has 0 radical (unpaired) electrons. The molecular weight excluding hydrogens is 232 g/mol. The minimum Gasteiger partial charge on any atom is -0.303 e. The van der Waals surface area contributed by atoms with E-state index in [9.17, 15) is 10.1 Å². The first kappa shape index (κ1) is 11.6. The van der Waals surface area contributed by atoms with Gasteiger partial charge >= 0.3 is 5.69 Å². The molecular formula is C12H18N4O2. The van der Waals surface area contributed by atoms with Crippen LogP contribution in [0.25, 0.3) is 0 Å². The zero-order chi connectivity index (χ0) is 12.5. The topological polar surface area (TPSA) is 64.2 Å². The van der Waals surface area contributed by atoms with Crippen molar-refractivity contribution in [1.82, 2.24) is 14.7 Å². The fourth-order valence-corrected chi connectivity index (χ4v) is 2.65. The molecule has 1 aromatic rings. The summed E-state index contributed by atoms with van der Waals surface area (Å²) in [6, 6.07) is 0.328. The zero-order valence-electron chi connectivity index (χ0n) is 10.4. The number of piperidine rings is 1. The van der Waals surface area contributed by atoms with Crippen molar-refractivity contribution in [3.05, 3.63) is 22.5 Å². The average molecular weight is 250 g/mol. The van der Waals surface area contributed by atoms with Crippen molar-refractivity contribution >= 4 is 5.69 Å². The summed E-state index contributed by atoms with van der Waals surface area (Å²) in [5.41, 5.74) is 0.0930. The van der Waals surface area contributed by atoms with E-state index in [-0.39, 0.29) is 10.6 Å². The van der Waals surface area contributed by atoms with Gasteiger partial charge in [-0.25, -0.2) is 0 Å². The van der Waals surface area contributed by atoms with Crippen LogP contribution >= 0.6 is 0 Å². The van der Waals surface area contributed by atoms with E-state index in [1.54, 1.807) is 10.9 Å². The molecule has 0 spiro atoms. The van der Waals surface area contributed by atoms with Crippen LogP contribution in [-0.2, 0) is 0 Å². The average Bonchev–Trinajstić information content (AvgIpc) is 3.04. The van der Waals surface area contributed by atoms with Crippen molar-refractivity contribution < 1.29 is 4.92 Å². The quantitative estimate of drug-likeness (QED) is 0.604. The largest absolute Gasteiger partial charge is 0.307 e. The van der Waals surface area contributed by atoms with Crippen LogP contribution in [0, 0.1) is 16.0 Å². The van der Waals surface area contributed by atoms with Gasteiger partial charge in [-0.3, -0.25) is 14.8 Å². The van der Waals surface area contributed by atoms with Gasteiger partial charge in [0.2, 0.25) is 0 Å². The van der Waals surface area contributed by atoms with E-state index in [1.165, 1.54) is 25.6 Å². The Kier molecular flexibility index (Phi) is 3.03. The third-order valence-electron chi connectivity index (χ3n) is 3.94. The van der Waals surface area contributed by atoms with E-state index in [0.29, 0.717) is 6.04 Å². The molecule has 0 bridgehead atoms. The van der Waals surface area contributed by atoms with Crippen molar-refractivity contribution in [3.63, 3.8) is 0 Å². The van der Waals surface area contributed by atoms with E-state index in [4.69, 9.17) is 0 Å². The molecule has 6 nitrogen and oxygen atoms in total. The van der Waals surface area contributed by atoms with Crippen LogP contribution in [0.15, 0.2) is 12.4 Å². The highest BCUT2D eigenvalue weighted by molar-refractivity contribution is 5.21. The summed E-state index contributed by atoms with van der Waals surface area (Å²) in [6.07, 6.45) is 7.78. The van der Waals surface area contributed by atoms with E-state index >= 15 is 0 Å². The Labute approximate surface area is 106 Å². The van der Waals surface area contributed by atoms with Gasteiger partial charge in [0, 0.05) is 19.6 Å². The number of nitrogens with zero attached hydrogens (tertiary/aromatic N) is 4. The molecule has 0 unspecified atom stereocenters. The second-order valence-electron chi connectivity index (χ2n) is 5.41. The molecule has 0 amide bonds. The van der Waals surface area contributed by atoms with Gasteiger partial charge in [0.15, 0.2) is 0 Å². The van der Waals surface area contributed by atoms with Crippen LogP contribution in [0.1, 0.15) is 31.7 Å². The first-order valence-corrected chi connectivity index (χ1v) is 6.63. The van der Waals surface area contributed by atoms with Crippen LogP contribution in [-0.4, -0.2) is 39.2 Å². The van der Waals surface area contributed by atoms with Crippen molar-refractivity contribution in [2.45, 2.75) is 31.7 Å². The molecule has 2 fully saturated rings. The molecule has 2 heterocycles. The Morgan fingerprint density at radius 3 is 2.61 bits per heavy atom. The summed E-state index contributed by atoms with van der Waals surface area (Å²) in [5.74, 6) is 0.937. The highest BCUT2D eigenvalue weighted by Gasteiger charge is 2.28. The van der Waals surface area contributed by atoms with Crippen LogP contribution in [0.2, 0.25) is 0 Å². The van der Waals surface area contributed by atoms with Gasteiger partial charge in [-0.05, 0) is 31.6 Å². The van der Waals surface area contributed by atoms with Crippen LogP contribution in [0.5, 0.6) is 0 Å². The Morgan fingerprint density at radius 2 is 2.06 bits per heavy atom. The number of nitro groups is 1. The maximum atomic E-state index is 10.6. The summed E-state index contributed by atoms with van der Waals surface area (Å²) in [6.45, 7) is 3.43. The Balaban J connectivity index is 1.55. The first-order chi connectivity index (χ1) is 8.72. The van der Waals surface area contributed by atoms with Crippen molar-refractivity contribution in [2.75, 3.05) is 19.6 Å². The summed E-state index contributed by atoms with van der Waals surface area (Å²) in [4.78, 5) is 12.8. The highest BCUT2D eigenvalue weighted by atomic mass is 16.6. The van der Waals surface area contributed by atoms with E-state index in [0.717, 1.165) is 31.8 Å². The maximum Gasteiger partial charge on any atom is 0.307 e. The van der Waals surface area contributed by atoms with Gasteiger partial charge in [0.1, 0.15) is 12.4 Å². The molecule has 0 N–H and O–H groups in total. The number of hydrogen-bond acceptors (Lipinski definition) is 4. The number of aromatic nitrogens is 2. The maximum absolute atomic E-state index is 10.6. The normalized spacial score (nSPS) is 22.2. The second kappa shape index (κ2) is 4.68. The third-order valence-corrected chi connectivity index (χ3v) is 3.94. The van der Waals surface area contributed by atoms with Gasteiger partial charge in [-0.1, -0.05) is 0 Å². The third kappa shape index (κ3) is 2.53. The van der Waals surface area contributed by atoms with Crippen LogP contribution in [0.4, 0.5) is 5.69 Å². The van der Waals surface area contributed by atoms with E-state index in [2.05, 4.69) is 10.00 Å². The minimum atomic E-state index is -0.383. The fourth-order valence-electron chi connectivity index (χ4n) is 2.65. The predicted molar refractivity (Wildman–Crippen MR) is 66.3 cm³/mol. The lowest BCUT2D eigenvalue weighted by atomic mass is 10.1. The molecule has 1 saturated carbocycles. The molecule has 2 aliphatic rings. The van der Waals surface area contributed by atoms with Gasteiger partial charge < -0.3 is 4.90 Å². The first-order valence-electron chi connectivity index (χ1n) is 6.63. The summed E-state index contributed by atoms with van der Waals surface area (Å²) >= 11 is 0. The molecule has 6 heteroatoms. The Morgan fingerprint density at radius 1 is 1.33 bits per heavy atom. The minimum absolute atomic E-state index is 0.0930. The molecule has 0 atom stereocenters. The molecule has 1 aliphatic heterocycles. The summed E-state index contributed by atoms with van der Waals surface area (Å²) in [5, 5.41) is 14.7. The standard InChI is InChI=1S/C12H18N4O2/c17-16(18)12-7-13-15(9-12)11-3-5-14(6-4-11)8-10-1-2-10/h7,9-11H,1-6,8H2. The lowest BCUT2D eigenvalue weighted by molar-refractivity contribution is -0.385. The highest BCUT2D eigenvalue weighted by Crippen LogP contribution is 2.32. The summed E-state index contributed by atoms with van der Waals surface area (Å²) in [7, 11) is 0. The lowest BCUT2D eigenvalue weighted by Crippen LogP contribution is -2.36. The molecule has 98 valence electrons. The molecule has 1 aromatic heterocycles. The molecule has 1 aliphatic carbocycles. The van der Waals surface area contributed by atoms with E-state index in [1.807, 2.05) is 0 Å². The van der Waals surface area contributed by atoms with Gasteiger partial charge in [-0.15, -0.1) is 0 Å².